The first-order valence-electron chi connectivity index (χ1n) is 8.26. The van der Waals surface area contributed by atoms with Crippen molar-refractivity contribution in [1.82, 2.24) is 0 Å². The number of carbonyl (C=O) groups excluding carboxylic acids is 2. The number of hydrogen-bond acceptors (Lipinski definition) is 3. The number of amides is 2. The van der Waals surface area contributed by atoms with Crippen LogP contribution in [0.2, 0.25) is 0 Å². The number of rotatable bonds is 5. The highest BCUT2D eigenvalue weighted by molar-refractivity contribution is 5.94. The number of ether oxygens (including phenoxy) is 1. The second-order valence-electron chi connectivity index (χ2n) is 6.96. The van der Waals surface area contributed by atoms with Gasteiger partial charge >= 0.3 is 0 Å². The highest BCUT2D eigenvalue weighted by Gasteiger charge is 2.19. The van der Waals surface area contributed by atoms with Crippen LogP contribution in [0.15, 0.2) is 42.5 Å². The Balaban J connectivity index is 2.03. The van der Waals surface area contributed by atoms with Crippen LogP contribution < -0.4 is 15.4 Å². The molecule has 0 spiro atoms. The van der Waals surface area contributed by atoms with Gasteiger partial charge in [0.05, 0.1) is 5.69 Å². The lowest BCUT2D eigenvalue weighted by molar-refractivity contribution is -0.118. The molecule has 0 aliphatic carbocycles. The Labute approximate surface area is 152 Å². The molecule has 0 aromatic heterocycles. The van der Waals surface area contributed by atoms with Crippen molar-refractivity contribution in [2.75, 3.05) is 17.2 Å². The summed E-state index contributed by atoms with van der Waals surface area (Å²) in [6.07, 6.45) is 0. The smallest absolute Gasteiger partial charge is 0.262 e. The van der Waals surface area contributed by atoms with Gasteiger partial charge in [-0.15, -0.1) is 0 Å². The summed E-state index contributed by atoms with van der Waals surface area (Å²) < 4.78 is 19.3. The quantitative estimate of drug-likeness (QED) is 0.846. The van der Waals surface area contributed by atoms with Crippen LogP contribution in [0.25, 0.3) is 0 Å². The maximum absolute atomic E-state index is 13.6. The van der Waals surface area contributed by atoms with Crippen LogP contribution in [0.5, 0.6) is 5.75 Å². The maximum Gasteiger partial charge on any atom is 0.262 e. The molecule has 0 aliphatic rings. The minimum atomic E-state index is -0.575. The van der Waals surface area contributed by atoms with Crippen molar-refractivity contribution in [3.8, 4) is 5.75 Å². The summed E-state index contributed by atoms with van der Waals surface area (Å²) in [7, 11) is 0. The number of nitrogens with one attached hydrogen (secondary N) is 2. The van der Waals surface area contributed by atoms with Gasteiger partial charge in [0.2, 0.25) is 5.91 Å². The first-order valence-corrected chi connectivity index (χ1v) is 8.26. The van der Waals surface area contributed by atoms with Crippen molar-refractivity contribution >= 4 is 23.2 Å². The molecule has 0 heterocycles. The number of benzene rings is 2. The van der Waals surface area contributed by atoms with E-state index >= 15 is 0 Å². The number of hydrogen-bond donors (Lipinski definition) is 2. The van der Waals surface area contributed by atoms with Gasteiger partial charge in [-0.3, -0.25) is 9.59 Å². The Morgan fingerprint density at radius 3 is 2.42 bits per heavy atom. The van der Waals surface area contributed by atoms with E-state index in [9.17, 15) is 14.0 Å². The molecular formula is C20H23FN2O3. The zero-order valence-electron chi connectivity index (χ0n) is 15.4. The summed E-state index contributed by atoms with van der Waals surface area (Å²) in [5.74, 6) is -0.703. The molecule has 0 unspecified atom stereocenters. The van der Waals surface area contributed by atoms with Gasteiger partial charge in [0.15, 0.2) is 6.61 Å². The molecule has 5 nitrogen and oxygen atoms in total. The van der Waals surface area contributed by atoms with Gasteiger partial charge in [0.25, 0.3) is 5.91 Å². The fourth-order valence-corrected chi connectivity index (χ4v) is 2.44. The first-order chi connectivity index (χ1) is 12.2. The van der Waals surface area contributed by atoms with Crippen LogP contribution >= 0.6 is 0 Å². The van der Waals surface area contributed by atoms with Crippen molar-refractivity contribution in [3.63, 3.8) is 0 Å². The van der Waals surface area contributed by atoms with Crippen molar-refractivity contribution in [2.24, 2.45) is 0 Å². The fourth-order valence-electron chi connectivity index (χ4n) is 2.44. The molecule has 0 bridgehead atoms. The van der Waals surface area contributed by atoms with E-state index in [2.05, 4.69) is 31.4 Å². The molecule has 0 atom stereocenters. The third-order valence-electron chi connectivity index (χ3n) is 3.61. The average molecular weight is 358 g/mol. The Morgan fingerprint density at radius 2 is 1.77 bits per heavy atom. The standard InChI is InChI=1S/C20H23FN2O3/c1-13(24)22-17-11-14(9-10-16(17)21)23-19(25)12-26-18-8-6-5-7-15(18)20(2,3)4/h5-11H,12H2,1-4H3,(H,22,24)(H,23,25). The fraction of sp³-hybridized carbons (Fsp3) is 0.300. The van der Waals surface area contributed by atoms with Crippen LogP contribution in [0.4, 0.5) is 15.8 Å². The molecule has 0 fully saturated rings. The number of para-hydroxylation sites is 1. The zero-order valence-corrected chi connectivity index (χ0v) is 15.4. The van der Waals surface area contributed by atoms with E-state index in [0.717, 1.165) is 5.56 Å². The van der Waals surface area contributed by atoms with E-state index in [0.29, 0.717) is 11.4 Å². The van der Waals surface area contributed by atoms with Crippen LogP contribution in [0, 0.1) is 5.82 Å². The molecule has 0 saturated carbocycles. The van der Waals surface area contributed by atoms with Gasteiger partial charge < -0.3 is 15.4 Å². The van der Waals surface area contributed by atoms with Crippen LogP contribution in [0.1, 0.15) is 33.3 Å². The summed E-state index contributed by atoms with van der Waals surface area (Å²) in [5, 5.41) is 5.00. The third-order valence-corrected chi connectivity index (χ3v) is 3.61. The summed E-state index contributed by atoms with van der Waals surface area (Å²) in [6, 6.07) is 11.5. The molecule has 26 heavy (non-hydrogen) atoms. The van der Waals surface area contributed by atoms with Gasteiger partial charge in [0, 0.05) is 12.6 Å². The summed E-state index contributed by atoms with van der Waals surface area (Å²) >= 11 is 0. The normalized spacial score (nSPS) is 11.0. The van der Waals surface area contributed by atoms with Crippen molar-refractivity contribution in [2.45, 2.75) is 33.1 Å². The lowest BCUT2D eigenvalue weighted by atomic mass is 9.86. The van der Waals surface area contributed by atoms with Gasteiger partial charge in [-0.05, 0) is 35.2 Å². The minimum Gasteiger partial charge on any atom is -0.483 e. The van der Waals surface area contributed by atoms with Gasteiger partial charge in [-0.2, -0.15) is 0 Å². The molecular weight excluding hydrogens is 335 g/mol. The van der Waals surface area contributed by atoms with Crippen molar-refractivity contribution < 1.29 is 18.7 Å². The number of carbonyl (C=O) groups is 2. The van der Waals surface area contributed by atoms with E-state index in [1.807, 2.05) is 24.3 Å². The van der Waals surface area contributed by atoms with Gasteiger partial charge in [0.1, 0.15) is 11.6 Å². The topological polar surface area (TPSA) is 67.4 Å². The Hall–Kier alpha value is -2.89. The summed E-state index contributed by atoms with van der Waals surface area (Å²) in [5.41, 5.74) is 1.27. The average Bonchev–Trinajstić information content (AvgIpc) is 2.55. The van der Waals surface area contributed by atoms with Gasteiger partial charge in [-0.25, -0.2) is 4.39 Å². The molecule has 0 aliphatic heterocycles. The largest absolute Gasteiger partial charge is 0.483 e. The van der Waals surface area contributed by atoms with Crippen LogP contribution in [-0.4, -0.2) is 18.4 Å². The van der Waals surface area contributed by atoms with E-state index in [1.165, 1.54) is 25.1 Å². The summed E-state index contributed by atoms with van der Waals surface area (Å²) in [6.45, 7) is 7.30. The molecule has 6 heteroatoms. The number of anilines is 2. The molecule has 0 radical (unpaired) electrons. The van der Waals surface area contributed by atoms with Crippen LogP contribution in [-0.2, 0) is 15.0 Å². The first kappa shape index (κ1) is 19.4. The lowest BCUT2D eigenvalue weighted by Crippen LogP contribution is -2.22. The lowest BCUT2D eigenvalue weighted by Gasteiger charge is -2.22. The predicted molar refractivity (Wildman–Crippen MR) is 100.0 cm³/mol. The SMILES string of the molecule is CC(=O)Nc1cc(NC(=O)COc2ccccc2C(C)(C)C)ccc1F. The molecule has 2 amide bonds. The minimum absolute atomic E-state index is 0.00861. The van der Waals surface area contributed by atoms with Crippen LogP contribution in [0.3, 0.4) is 0 Å². The van der Waals surface area contributed by atoms with E-state index in [4.69, 9.17) is 4.74 Å². The Bertz CT molecular complexity index is 813. The molecule has 0 saturated heterocycles. The zero-order chi connectivity index (χ0) is 19.3. The predicted octanol–water partition coefficient (Wildman–Crippen LogP) is 4.10. The molecule has 2 aromatic rings. The van der Waals surface area contributed by atoms with E-state index in [-0.39, 0.29) is 23.6 Å². The van der Waals surface area contributed by atoms with Crippen molar-refractivity contribution in [3.05, 3.63) is 53.8 Å². The third kappa shape index (κ3) is 5.31. The molecule has 2 aromatic carbocycles. The van der Waals surface area contributed by atoms with Crippen molar-refractivity contribution in [1.29, 1.82) is 0 Å². The molecule has 138 valence electrons. The Morgan fingerprint density at radius 1 is 1.08 bits per heavy atom. The van der Waals surface area contributed by atoms with E-state index in [1.54, 1.807) is 0 Å². The maximum atomic E-state index is 13.6. The molecule has 2 N–H and O–H groups in total. The second kappa shape index (κ2) is 7.99. The highest BCUT2D eigenvalue weighted by atomic mass is 19.1. The number of halogens is 1. The second-order valence-corrected chi connectivity index (χ2v) is 6.96. The Kier molecular flexibility index (Phi) is 5.97. The monoisotopic (exact) mass is 358 g/mol. The summed E-state index contributed by atoms with van der Waals surface area (Å²) in [4.78, 5) is 23.2. The van der Waals surface area contributed by atoms with Gasteiger partial charge in [-0.1, -0.05) is 39.0 Å². The van der Waals surface area contributed by atoms with E-state index < -0.39 is 11.7 Å². The highest BCUT2D eigenvalue weighted by Crippen LogP contribution is 2.30. The molecule has 2 rings (SSSR count).